The van der Waals surface area contributed by atoms with E-state index in [2.05, 4.69) is 4.99 Å². The van der Waals surface area contributed by atoms with E-state index >= 15 is 0 Å². The molecule has 0 fully saturated rings. The lowest BCUT2D eigenvalue weighted by atomic mass is 9.95. The van der Waals surface area contributed by atoms with Gasteiger partial charge in [-0.2, -0.15) is 0 Å². The van der Waals surface area contributed by atoms with Crippen molar-refractivity contribution < 1.29 is 9.59 Å². The largest absolute Gasteiger partial charge is 0.285 e. The van der Waals surface area contributed by atoms with Gasteiger partial charge in [0.05, 0.1) is 11.3 Å². The topological polar surface area (TPSA) is 46.5 Å². The van der Waals surface area contributed by atoms with Crippen LogP contribution in [0.4, 0.5) is 5.69 Å². The summed E-state index contributed by atoms with van der Waals surface area (Å²) in [5.74, 6) is -1.03. The first-order valence-electron chi connectivity index (χ1n) is 5.59. The minimum Gasteiger partial charge on any atom is -0.285 e. The normalized spacial score (nSPS) is 14.1. The maximum Gasteiger partial charge on any atom is 0.252 e. The summed E-state index contributed by atoms with van der Waals surface area (Å²) in [6.07, 6.45) is 0. The first-order chi connectivity index (χ1) is 8.77. The van der Waals surface area contributed by atoms with E-state index in [1.807, 2.05) is 18.2 Å². The summed E-state index contributed by atoms with van der Waals surface area (Å²) < 4.78 is 0. The van der Waals surface area contributed by atoms with E-state index < -0.39 is 11.6 Å². The summed E-state index contributed by atoms with van der Waals surface area (Å²) in [6, 6.07) is 15.9. The molecule has 0 aromatic heterocycles. The molecular formula is C15H9NO2. The maximum atomic E-state index is 12.0. The number of rotatable bonds is 1. The molecule has 1 heterocycles. The SMILES string of the molecule is O=C1C(=O)c2ccccc2N=C1c1ccccc1. The number of para-hydroxylation sites is 1. The predicted molar refractivity (Wildman–Crippen MR) is 68.4 cm³/mol. The van der Waals surface area contributed by atoms with Crippen LogP contribution in [-0.2, 0) is 4.79 Å². The van der Waals surface area contributed by atoms with Crippen molar-refractivity contribution in [1.29, 1.82) is 0 Å². The fraction of sp³-hybridized carbons (Fsp3) is 0. The van der Waals surface area contributed by atoms with Crippen LogP contribution in [-0.4, -0.2) is 17.3 Å². The second-order valence-corrected chi connectivity index (χ2v) is 4.00. The molecule has 3 heteroatoms. The molecule has 1 aliphatic rings. The Morgan fingerprint density at radius 3 is 2.17 bits per heavy atom. The van der Waals surface area contributed by atoms with Crippen LogP contribution in [0.2, 0.25) is 0 Å². The van der Waals surface area contributed by atoms with Crippen molar-refractivity contribution in [2.24, 2.45) is 4.99 Å². The second kappa shape index (κ2) is 4.04. The van der Waals surface area contributed by atoms with E-state index in [9.17, 15) is 9.59 Å². The van der Waals surface area contributed by atoms with E-state index in [1.165, 1.54) is 0 Å². The van der Waals surface area contributed by atoms with Crippen molar-refractivity contribution in [3.8, 4) is 0 Å². The highest BCUT2D eigenvalue weighted by Gasteiger charge is 2.29. The van der Waals surface area contributed by atoms with E-state index in [0.717, 1.165) is 0 Å². The number of carbonyl (C=O) groups excluding carboxylic acids is 2. The lowest BCUT2D eigenvalue weighted by Gasteiger charge is -2.13. The van der Waals surface area contributed by atoms with Crippen LogP contribution in [0.25, 0.3) is 0 Å². The van der Waals surface area contributed by atoms with E-state index in [-0.39, 0.29) is 5.71 Å². The highest BCUT2D eigenvalue weighted by Crippen LogP contribution is 2.25. The molecule has 0 amide bonds. The van der Waals surface area contributed by atoms with Gasteiger partial charge in [0.15, 0.2) is 0 Å². The zero-order valence-electron chi connectivity index (χ0n) is 9.46. The lowest BCUT2D eigenvalue weighted by molar-refractivity contribution is -0.109. The Balaban J connectivity index is 2.21. The van der Waals surface area contributed by atoms with Crippen molar-refractivity contribution in [2.75, 3.05) is 0 Å². The highest BCUT2D eigenvalue weighted by molar-refractivity contribution is 6.72. The van der Waals surface area contributed by atoms with E-state index in [0.29, 0.717) is 16.8 Å². The number of benzene rings is 2. The van der Waals surface area contributed by atoms with Gasteiger partial charge in [-0.1, -0.05) is 42.5 Å². The van der Waals surface area contributed by atoms with Crippen LogP contribution in [0.15, 0.2) is 59.6 Å². The summed E-state index contributed by atoms with van der Waals surface area (Å²) in [5.41, 5.74) is 1.83. The zero-order chi connectivity index (χ0) is 12.5. The second-order valence-electron chi connectivity index (χ2n) is 4.00. The standard InChI is InChI=1S/C15H9NO2/c17-14-11-8-4-5-9-12(11)16-13(15(14)18)10-6-2-1-3-7-10/h1-9H. The maximum absolute atomic E-state index is 12.0. The fourth-order valence-electron chi connectivity index (χ4n) is 1.96. The third-order valence-electron chi connectivity index (χ3n) is 2.85. The number of fused-ring (bicyclic) bond motifs is 1. The summed E-state index contributed by atoms with van der Waals surface area (Å²) in [5, 5.41) is 0. The molecule has 0 unspecified atom stereocenters. The number of carbonyl (C=O) groups is 2. The number of aliphatic imine (C=N–C) groups is 1. The van der Waals surface area contributed by atoms with Crippen molar-refractivity contribution in [3.05, 3.63) is 65.7 Å². The molecule has 0 radical (unpaired) electrons. The molecule has 3 nitrogen and oxygen atoms in total. The molecule has 0 atom stereocenters. The van der Waals surface area contributed by atoms with Crippen LogP contribution >= 0.6 is 0 Å². The van der Waals surface area contributed by atoms with Crippen molar-refractivity contribution in [1.82, 2.24) is 0 Å². The molecule has 2 aromatic rings. The first-order valence-corrected chi connectivity index (χ1v) is 5.59. The molecule has 18 heavy (non-hydrogen) atoms. The third kappa shape index (κ3) is 1.57. The molecule has 0 aliphatic carbocycles. The molecule has 0 N–H and O–H groups in total. The quantitative estimate of drug-likeness (QED) is 0.713. The molecule has 0 bridgehead atoms. The summed E-state index contributed by atoms with van der Waals surface area (Å²) in [4.78, 5) is 28.3. The van der Waals surface area contributed by atoms with Gasteiger partial charge >= 0.3 is 0 Å². The monoisotopic (exact) mass is 235 g/mol. The van der Waals surface area contributed by atoms with Gasteiger partial charge in [-0.05, 0) is 12.1 Å². The molecule has 3 rings (SSSR count). The summed E-state index contributed by atoms with van der Waals surface area (Å²) in [6.45, 7) is 0. The molecule has 0 saturated heterocycles. The number of nitrogens with zero attached hydrogens (tertiary/aromatic N) is 1. The first kappa shape index (κ1) is 10.6. The van der Waals surface area contributed by atoms with Crippen LogP contribution in [0, 0.1) is 0 Å². The van der Waals surface area contributed by atoms with Crippen LogP contribution in [0.5, 0.6) is 0 Å². The minimum absolute atomic E-state index is 0.222. The minimum atomic E-state index is -0.542. The van der Waals surface area contributed by atoms with Crippen molar-refractivity contribution in [3.63, 3.8) is 0 Å². The Bertz CT molecular complexity index is 672. The number of hydrogen-bond acceptors (Lipinski definition) is 3. The van der Waals surface area contributed by atoms with E-state index in [4.69, 9.17) is 0 Å². The average Bonchev–Trinajstić information content (AvgIpc) is 2.44. The van der Waals surface area contributed by atoms with Gasteiger partial charge in [0.25, 0.3) is 5.78 Å². The van der Waals surface area contributed by atoms with Gasteiger partial charge in [0.2, 0.25) is 5.78 Å². The Labute approximate surface area is 104 Å². The molecule has 1 aliphatic heterocycles. The Kier molecular flexibility index (Phi) is 2.38. The highest BCUT2D eigenvalue weighted by atomic mass is 16.2. The summed E-state index contributed by atoms with van der Waals surface area (Å²) >= 11 is 0. The molecule has 2 aromatic carbocycles. The predicted octanol–water partition coefficient (Wildman–Crippen LogP) is 2.57. The smallest absolute Gasteiger partial charge is 0.252 e. The van der Waals surface area contributed by atoms with Crippen molar-refractivity contribution in [2.45, 2.75) is 0 Å². The zero-order valence-corrected chi connectivity index (χ0v) is 9.46. The molecule has 0 saturated carbocycles. The average molecular weight is 235 g/mol. The van der Waals surface area contributed by atoms with Gasteiger partial charge in [0.1, 0.15) is 5.71 Å². The molecular weight excluding hydrogens is 226 g/mol. The number of ketones is 2. The summed E-state index contributed by atoms with van der Waals surface area (Å²) in [7, 11) is 0. The third-order valence-corrected chi connectivity index (χ3v) is 2.85. The van der Waals surface area contributed by atoms with Crippen LogP contribution < -0.4 is 0 Å². The van der Waals surface area contributed by atoms with Crippen LogP contribution in [0.1, 0.15) is 15.9 Å². The van der Waals surface area contributed by atoms with Crippen LogP contribution in [0.3, 0.4) is 0 Å². The Morgan fingerprint density at radius 2 is 1.39 bits per heavy atom. The fourth-order valence-corrected chi connectivity index (χ4v) is 1.96. The van der Waals surface area contributed by atoms with Crippen molar-refractivity contribution >= 4 is 23.0 Å². The number of Topliss-reactive ketones (excluding diaryl/α,β-unsaturated/α-hetero) is 2. The van der Waals surface area contributed by atoms with Gasteiger partial charge in [-0.3, -0.25) is 9.59 Å². The van der Waals surface area contributed by atoms with Gasteiger partial charge in [0, 0.05) is 5.56 Å². The van der Waals surface area contributed by atoms with Gasteiger partial charge < -0.3 is 0 Å². The van der Waals surface area contributed by atoms with E-state index in [1.54, 1.807) is 36.4 Å². The van der Waals surface area contributed by atoms with Gasteiger partial charge in [-0.15, -0.1) is 0 Å². The molecule has 0 spiro atoms. The lowest BCUT2D eigenvalue weighted by Crippen LogP contribution is -2.28. The van der Waals surface area contributed by atoms with Gasteiger partial charge in [-0.25, -0.2) is 4.99 Å². The Hall–Kier alpha value is -2.55. The number of hydrogen-bond donors (Lipinski definition) is 0. The molecule has 86 valence electrons. The Morgan fingerprint density at radius 1 is 0.722 bits per heavy atom.